The first-order chi connectivity index (χ1) is 23.7. The third kappa shape index (κ3) is 7.20. The van der Waals surface area contributed by atoms with Crippen LogP contribution in [0.5, 0.6) is 0 Å². The zero-order valence-corrected chi connectivity index (χ0v) is 27.4. The van der Waals surface area contributed by atoms with Crippen molar-refractivity contribution < 1.29 is 35.9 Å². The summed E-state index contributed by atoms with van der Waals surface area (Å²) < 4.78 is 82.3. The lowest BCUT2D eigenvalue weighted by Crippen LogP contribution is -2.28. The van der Waals surface area contributed by atoms with Crippen molar-refractivity contribution in [2.24, 2.45) is 0 Å². The van der Waals surface area contributed by atoms with Crippen molar-refractivity contribution in [3.05, 3.63) is 118 Å². The molecule has 2 N–H and O–H groups in total. The Labute approximate surface area is 292 Å². The van der Waals surface area contributed by atoms with E-state index >= 15 is 0 Å². The summed E-state index contributed by atoms with van der Waals surface area (Å²) in [5.41, 5.74) is -3.22. The number of pyridine rings is 2. The molecule has 256 valence electrons. The quantitative estimate of drug-likeness (QED) is 0.0915. The second kappa shape index (κ2) is 13.8. The van der Waals surface area contributed by atoms with Crippen LogP contribution in [0.1, 0.15) is 32.2 Å². The third-order valence-corrected chi connectivity index (χ3v) is 9.00. The molecule has 6 aromatic rings. The fraction of sp³-hybridized carbons (Fsp3) is 0.121. The number of aromatic nitrogens is 4. The maximum Gasteiger partial charge on any atom is 0.435 e. The van der Waals surface area contributed by atoms with Gasteiger partial charge in [-0.15, -0.1) is 11.8 Å². The second-order valence-corrected chi connectivity index (χ2v) is 12.5. The first kappa shape index (κ1) is 35.0. The Morgan fingerprint density at radius 2 is 1.52 bits per heavy atom. The molecule has 0 aliphatic rings. The van der Waals surface area contributed by atoms with Gasteiger partial charge >= 0.3 is 12.4 Å². The molecule has 8 nitrogen and oxygen atoms in total. The van der Waals surface area contributed by atoms with Crippen LogP contribution < -0.4 is 10.6 Å². The van der Waals surface area contributed by atoms with Gasteiger partial charge in [0.05, 0.1) is 26.8 Å². The van der Waals surface area contributed by atoms with Crippen molar-refractivity contribution in [1.82, 2.24) is 25.1 Å². The van der Waals surface area contributed by atoms with Crippen molar-refractivity contribution in [1.29, 1.82) is 0 Å². The standard InChI is InChI=1S/C33H20Cl2F6N6O2S/c34-21-9-5-11-42-29(21)47-23(15-26(46-47)33(39,40)41)31(49)45-28-20(14-17-6-1-2-7-18(17)27(28)35)30(48)43-12-13-50-24-16-25(32(36,37)38)44-22-10-4-3-8-19(22)24/h1-11,14-16H,12-13H2,(H,43,48)(H,45,49). The third-order valence-electron chi connectivity index (χ3n) is 7.26. The number of anilines is 1. The smallest absolute Gasteiger partial charge is 0.351 e. The first-order valence-corrected chi connectivity index (χ1v) is 16.1. The average Bonchev–Trinajstić information content (AvgIpc) is 3.54. The molecule has 3 heterocycles. The summed E-state index contributed by atoms with van der Waals surface area (Å²) in [5.74, 6) is -1.94. The zero-order chi connectivity index (χ0) is 35.8. The van der Waals surface area contributed by atoms with Crippen LogP contribution in [-0.2, 0) is 12.4 Å². The molecule has 0 aliphatic carbocycles. The zero-order valence-electron chi connectivity index (χ0n) is 25.0. The van der Waals surface area contributed by atoms with Gasteiger partial charge < -0.3 is 10.6 Å². The van der Waals surface area contributed by atoms with Gasteiger partial charge in [0.1, 0.15) is 11.4 Å². The maximum absolute atomic E-state index is 13.7. The minimum atomic E-state index is -4.93. The van der Waals surface area contributed by atoms with Crippen LogP contribution in [0.25, 0.3) is 27.5 Å². The lowest BCUT2D eigenvalue weighted by Gasteiger charge is -2.16. The van der Waals surface area contributed by atoms with E-state index in [0.29, 0.717) is 31.8 Å². The summed E-state index contributed by atoms with van der Waals surface area (Å²) in [7, 11) is 0. The van der Waals surface area contributed by atoms with Gasteiger partial charge in [0.25, 0.3) is 11.8 Å². The molecule has 3 aromatic heterocycles. The molecule has 17 heteroatoms. The van der Waals surface area contributed by atoms with E-state index in [4.69, 9.17) is 23.2 Å². The van der Waals surface area contributed by atoms with Gasteiger partial charge in [0.15, 0.2) is 11.5 Å². The number of para-hydroxylation sites is 1. The van der Waals surface area contributed by atoms with Crippen LogP contribution in [0.2, 0.25) is 10.0 Å². The molecular formula is C33H20Cl2F6N6O2S. The Bertz CT molecular complexity index is 2280. The van der Waals surface area contributed by atoms with Crippen molar-refractivity contribution in [3.63, 3.8) is 0 Å². The van der Waals surface area contributed by atoms with Crippen molar-refractivity contribution in [2.75, 3.05) is 17.6 Å². The van der Waals surface area contributed by atoms with Crippen LogP contribution in [0.4, 0.5) is 32.0 Å². The number of hydrogen-bond acceptors (Lipinski definition) is 6. The molecule has 0 saturated carbocycles. The van der Waals surface area contributed by atoms with E-state index in [9.17, 15) is 35.9 Å². The summed E-state index contributed by atoms with van der Waals surface area (Å²) >= 11 is 13.9. The van der Waals surface area contributed by atoms with Crippen LogP contribution in [0.3, 0.4) is 0 Å². The van der Waals surface area contributed by atoms with Crippen molar-refractivity contribution in [2.45, 2.75) is 17.2 Å². The molecule has 2 amide bonds. The Kier molecular flexibility index (Phi) is 9.66. The normalized spacial score (nSPS) is 12.0. The highest BCUT2D eigenvalue weighted by atomic mass is 35.5. The highest BCUT2D eigenvalue weighted by molar-refractivity contribution is 7.99. The van der Waals surface area contributed by atoms with E-state index in [2.05, 4.69) is 25.7 Å². The molecule has 50 heavy (non-hydrogen) atoms. The van der Waals surface area contributed by atoms with E-state index in [0.717, 1.165) is 17.8 Å². The fourth-order valence-electron chi connectivity index (χ4n) is 4.99. The molecule has 0 aliphatic heterocycles. The number of nitrogens with zero attached hydrogens (tertiary/aromatic N) is 4. The Hall–Kier alpha value is -4.86. The number of amides is 2. The summed E-state index contributed by atoms with van der Waals surface area (Å²) in [4.78, 5) is 35.2. The lowest BCUT2D eigenvalue weighted by atomic mass is 10.0. The van der Waals surface area contributed by atoms with Gasteiger partial charge in [0, 0.05) is 40.2 Å². The number of rotatable bonds is 8. The number of alkyl halides is 6. The molecular weight excluding hydrogens is 729 g/mol. The van der Waals surface area contributed by atoms with E-state index in [1.54, 1.807) is 42.5 Å². The summed E-state index contributed by atoms with van der Waals surface area (Å²) in [5, 5.41) is 9.95. The van der Waals surface area contributed by atoms with Gasteiger partial charge in [0.2, 0.25) is 0 Å². The summed E-state index contributed by atoms with van der Waals surface area (Å²) in [6.45, 7) is -0.0285. The van der Waals surface area contributed by atoms with Crippen LogP contribution in [-0.4, -0.2) is 43.9 Å². The van der Waals surface area contributed by atoms with Gasteiger partial charge in [-0.05, 0) is 35.7 Å². The van der Waals surface area contributed by atoms with Crippen LogP contribution >= 0.6 is 35.0 Å². The molecule has 3 aromatic carbocycles. The minimum Gasteiger partial charge on any atom is -0.351 e. The monoisotopic (exact) mass is 748 g/mol. The lowest BCUT2D eigenvalue weighted by molar-refractivity contribution is -0.142. The van der Waals surface area contributed by atoms with Gasteiger partial charge in [-0.2, -0.15) is 31.4 Å². The molecule has 0 spiro atoms. The number of benzene rings is 3. The van der Waals surface area contributed by atoms with Crippen LogP contribution in [0.15, 0.2) is 90.0 Å². The van der Waals surface area contributed by atoms with Crippen molar-refractivity contribution >= 4 is 74.1 Å². The average molecular weight is 750 g/mol. The molecule has 0 unspecified atom stereocenters. The molecule has 0 saturated heterocycles. The molecule has 0 bridgehead atoms. The molecule has 0 fully saturated rings. The number of fused-ring (bicyclic) bond motifs is 2. The number of thioether (sulfide) groups is 1. The predicted octanol–water partition coefficient (Wildman–Crippen LogP) is 9.09. The largest absolute Gasteiger partial charge is 0.435 e. The topological polar surface area (TPSA) is 102 Å². The summed E-state index contributed by atoms with van der Waals surface area (Å²) in [6, 6.07) is 18.7. The second-order valence-electron chi connectivity index (χ2n) is 10.5. The summed E-state index contributed by atoms with van der Waals surface area (Å²) in [6.07, 6.45) is -8.34. The van der Waals surface area contributed by atoms with E-state index in [1.165, 1.54) is 30.5 Å². The van der Waals surface area contributed by atoms with Crippen LogP contribution in [0, 0.1) is 0 Å². The van der Waals surface area contributed by atoms with Gasteiger partial charge in [-0.1, -0.05) is 65.7 Å². The van der Waals surface area contributed by atoms with E-state index in [1.807, 2.05) is 0 Å². The Morgan fingerprint density at radius 1 is 0.820 bits per heavy atom. The highest BCUT2D eigenvalue weighted by Gasteiger charge is 2.37. The van der Waals surface area contributed by atoms with E-state index < -0.39 is 41.2 Å². The van der Waals surface area contributed by atoms with Gasteiger partial charge in [-0.3, -0.25) is 9.59 Å². The highest BCUT2D eigenvalue weighted by Crippen LogP contribution is 2.37. The fourth-order valence-corrected chi connectivity index (χ4v) is 6.46. The van der Waals surface area contributed by atoms with Crippen molar-refractivity contribution in [3.8, 4) is 5.82 Å². The number of nitrogens with one attached hydrogen (secondary N) is 2. The number of halogens is 8. The number of carbonyl (C=O) groups excluding carboxylic acids is 2. The SMILES string of the molecule is O=C(NCCSc1cc(C(F)(F)F)nc2ccccc12)c1cc2ccccc2c(Cl)c1NC(=O)c1cc(C(F)(F)F)nn1-c1ncccc1Cl. The van der Waals surface area contributed by atoms with E-state index in [-0.39, 0.29) is 44.9 Å². The minimum absolute atomic E-state index is 0.0285. The Morgan fingerprint density at radius 3 is 2.24 bits per heavy atom. The Balaban J connectivity index is 1.29. The first-order valence-electron chi connectivity index (χ1n) is 14.4. The maximum atomic E-state index is 13.7. The predicted molar refractivity (Wildman–Crippen MR) is 178 cm³/mol. The molecule has 0 atom stereocenters. The van der Waals surface area contributed by atoms with Gasteiger partial charge in [-0.25, -0.2) is 14.6 Å². The number of hydrogen-bond donors (Lipinski definition) is 2. The number of carbonyl (C=O) groups is 2. The molecule has 6 rings (SSSR count). The molecule has 0 radical (unpaired) electrons.